The van der Waals surface area contributed by atoms with Crippen LogP contribution in [0.3, 0.4) is 0 Å². The van der Waals surface area contributed by atoms with Gasteiger partial charge in [-0.15, -0.1) is 0 Å². The van der Waals surface area contributed by atoms with E-state index in [-0.39, 0.29) is 0 Å². The van der Waals surface area contributed by atoms with Crippen molar-refractivity contribution in [3.05, 3.63) is 70.3 Å². The number of nitrogens with two attached hydrogens (primary N) is 1. The van der Waals surface area contributed by atoms with Gasteiger partial charge in [0.25, 0.3) is 0 Å². The highest BCUT2D eigenvalue weighted by atomic mass is 35.5. The lowest BCUT2D eigenvalue weighted by Gasteiger charge is -2.07. The zero-order valence-electron chi connectivity index (χ0n) is 14.8. The Balaban J connectivity index is 2.20. The van der Waals surface area contributed by atoms with Crippen LogP contribution in [0.25, 0.3) is 16.6 Å². The molecular weight excluding hydrogens is 397 g/mol. The van der Waals surface area contributed by atoms with Crippen molar-refractivity contribution in [2.24, 2.45) is 10.7 Å². The molecule has 0 spiro atoms. The molecule has 140 valence electrons. The van der Waals surface area contributed by atoms with E-state index < -0.39 is 0 Å². The van der Waals surface area contributed by atoms with Crippen molar-refractivity contribution in [3.63, 3.8) is 0 Å². The van der Waals surface area contributed by atoms with Crippen LogP contribution < -0.4 is 11.1 Å². The molecule has 0 saturated carbocycles. The van der Waals surface area contributed by atoms with Crippen molar-refractivity contribution in [1.82, 2.24) is 14.8 Å². The summed E-state index contributed by atoms with van der Waals surface area (Å²) in [5.74, 6) is 0.888. The summed E-state index contributed by atoms with van der Waals surface area (Å²) >= 11 is 12.6. The number of nitriles is 1. The van der Waals surface area contributed by atoms with E-state index in [1.54, 1.807) is 30.5 Å². The third-order valence-corrected chi connectivity index (χ3v) is 4.29. The second kappa shape index (κ2) is 8.13. The van der Waals surface area contributed by atoms with Gasteiger partial charge in [-0.25, -0.2) is 14.7 Å². The fourth-order valence-electron chi connectivity index (χ4n) is 2.55. The lowest BCUT2D eigenvalue weighted by atomic mass is 10.2. The molecule has 0 unspecified atom stereocenters. The number of anilines is 1. The highest BCUT2D eigenvalue weighted by Gasteiger charge is 2.16. The third-order valence-electron chi connectivity index (χ3n) is 3.68. The molecule has 0 atom stereocenters. The first kappa shape index (κ1) is 19.4. The van der Waals surface area contributed by atoms with Gasteiger partial charge >= 0.3 is 0 Å². The van der Waals surface area contributed by atoms with E-state index in [0.717, 1.165) is 11.9 Å². The average Bonchev–Trinajstić information content (AvgIpc) is 3.06. The van der Waals surface area contributed by atoms with Crippen LogP contribution in [0.5, 0.6) is 0 Å². The van der Waals surface area contributed by atoms with E-state index in [1.807, 2.05) is 6.92 Å². The largest absolute Gasteiger partial charge is 0.390 e. The minimum atomic E-state index is 0.315. The number of hydrogen-bond acceptors (Lipinski definition) is 5. The number of rotatable bonds is 5. The number of pyridine rings is 1. The van der Waals surface area contributed by atoms with Gasteiger partial charge in [0.05, 0.1) is 27.3 Å². The van der Waals surface area contributed by atoms with Crippen LogP contribution in [0.1, 0.15) is 12.5 Å². The first-order valence-electron chi connectivity index (χ1n) is 8.06. The van der Waals surface area contributed by atoms with Gasteiger partial charge in [-0.3, -0.25) is 0 Å². The van der Waals surface area contributed by atoms with Crippen LogP contribution in [0, 0.1) is 11.3 Å². The van der Waals surface area contributed by atoms with Gasteiger partial charge in [0.1, 0.15) is 28.9 Å². The molecule has 2 heterocycles. The zero-order chi connectivity index (χ0) is 20.3. The van der Waals surface area contributed by atoms with Crippen LogP contribution in [-0.4, -0.2) is 21.1 Å². The van der Waals surface area contributed by atoms with Crippen LogP contribution in [0.15, 0.2) is 59.6 Å². The van der Waals surface area contributed by atoms with Crippen molar-refractivity contribution < 1.29 is 0 Å². The van der Waals surface area contributed by atoms with E-state index in [1.165, 1.54) is 10.9 Å². The molecule has 0 saturated heterocycles. The highest BCUT2D eigenvalue weighted by Crippen LogP contribution is 2.31. The molecule has 0 amide bonds. The fourth-order valence-corrected chi connectivity index (χ4v) is 3.12. The van der Waals surface area contributed by atoms with E-state index in [9.17, 15) is 5.26 Å². The molecule has 0 fully saturated rings. The molecule has 0 radical (unpaired) electrons. The van der Waals surface area contributed by atoms with Crippen molar-refractivity contribution in [3.8, 4) is 11.8 Å². The second-order valence-corrected chi connectivity index (χ2v) is 6.63. The first-order chi connectivity index (χ1) is 13.4. The summed E-state index contributed by atoms with van der Waals surface area (Å²) in [6.07, 6.45) is 6.00. The Morgan fingerprint density at radius 2 is 2.11 bits per heavy atom. The minimum absolute atomic E-state index is 0.315. The number of allylic oxidation sites excluding steroid dienone is 2. The van der Waals surface area contributed by atoms with Gasteiger partial charge in [-0.2, -0.15) is 10.4 Å². The van der Waals surface area contributed by atoms with Gasteiger partial charge in [0.15, 0.2) is 0 Å². The summed E-state index contributed by atoms with van der Waals surface area (Å²) in [7, 11) is 0. The SMILES string of the molecule is C=C(C)/C=C(\N=C/N)Nc1ncc(C#N)c2nn(-c3c(Cl)cccc3Cl)cc12. The Kier molecular flexibility index (Phi) is 5.64. The van der Waals surface area contributed by atoms with Crippen molar-refractivity contribution in [2.45, 2.75) is 6.92 Å². The molecule has 0 aliphatic heterocycles. The van der Waals surface area contributed by atoms with E-state index in [0.29, 0.717) is 43.8 Å². The van der Waals surface area contributed by atoms with Crippen LogP contribution in [0.4, 0.5) is 5.82 Å². The molecule has 9 heteroatoms. The number of hydrogen-bond donors (Lipinski definition) is 2. The zero-order valence-corrected chi connectivity index (χ0v) is 16.3. The maximum atomic E-state index is 9.43. The minimum Gasteiger partial charge on any atom is -0.390 e. The molecule has 3 N–H and O–H groups in total. The summed E-state index contributed by atoms with van der Waals surface area (Å²) < 4.78 is 1.53. The number of halogens is 2. The Labute approximate surface area is 171 Å². The quantitative estimate of drug-likeness (QED) is 0.367. The summed E-state index contributed by atoms with van der Waals surface area (Å²) in [5.41, 5.74) is 7.46. The van der Waals surface area contributed by atoms with Gasteiger partial charge < -0.3 is 11.1 Å². The fraction of sp³-hybridized carbons (Fsp3) is 0.0526. The van der Waals surface area contributed by atoms with Crippen molar-refractivity contribution in [2.75, 3.05) is 5.32 Å². The highest BCUT2D eigenvalue weighted by molar-refractivity contribution is 6.37. The third kappa shape index (κ3) is 3.83. The summed E-state index contributed by atoms with van der Waals surface area (Å²) in [6.45, 7) is 5.66. The van der Waals surface area contributed by atoms with Gasteiger partial charge in [0, 0.05) is 12.4 Å². The molecule has 7 nitrogen and oxygen atoms in total. The van der Waals surface area contributed by atoms with Crippen molar-refractivity contribution >= 4 is 46.3 Å². The van der Waals surface area contributed by atoms with Crippen LogP contribution in [0.2, 0.25) is 10.0 Å². The molecular formula is C19H15Cl2N7. The number of nitrogens with one attached hydrogen (secondary N) is 1. The van der Waals surface area contributed by atoms with Gasteiger partial charge in [-0.1, -0.05) is 41.4 Å². The monoisotopic (exact) mass is 411 g/mol. The molecule has 28 heavy (non-hydrogen) atoms. The lowest BCUT2D eigenvalue weighted by molar-refractivity contribution is 0.896. The lowest BCUT2D eigenvalue weighted by Crippen LogP contribution is -2.03. The molecule has 0 aliphatic rings. The average molecular weight is 412 g/mol. The number of fused-ring (bicyclic) bond motifs is 1. The van der Waals surface area contributed by atoms with Crippen molar-refractivity contribution in [1.29, 1.82) is 5.26 Å². The smallest absolute Gasteiger partial charge is 0.142 e. The molecule has 0 bridgehead atoms. The van der Waals surface area contributed by atoms with Crippen LogP contribution >= 0.6 is 23.2 Å². The summed E-state index contributed by atoms with van der Waals surface area (Å²) in [5, 5.41) is 18.5. The Hall–Kier alpha value is -3.34. The van der Waals surface area contributed by atoms with E-state index in [4.69, 9.17) is 28.9 Å². The van der Waals surface area contributed by atoms with Gasteiger partial charge in [0.2, 0.25) is 0 Å². The predicted molar refractivity (Wildman–Crippen MR) is 113 cm³/mol. The molecule has 3 rings (SSSR count). The number of benzene rings is 1. The standard InChI is InChI=1S/C19H15Cl2N7/c1-11(2)6-16(25-10-23)26-19-13-9-28(18-14(20)4-3-5-15(18)21)27-17(13)12(7-22)8-24-19/h3-6,8-10H,1H2,2H3,(H2,23,25)(H,24,26)/b16-6+. The Bertz CT molecular complexity index is 1150. The number of para-hydroxylation sites is 1. The number of nitrogens with zero attached hydrogens (tertiary/aromatic N) is 5. The van der Waals surface area contributed by atoms with Gasteiger partial charge in [-0.05, 0) is 25.1 Å². The first-order valence-corrected chi connectivity index (χ1v) is 8.81. The Morgan fingerprint density at radius 1 is 1.39 bits per heavy atom. The molecule has 0 aliphatic carbocycles. The number of aliphatic imine (C=N–C) groups is 1. The topological polar surface area (TPSA) is 105 Å². The summed E-state index contributed by atoms with van der Waals surface area (Å²) in [6, 6.07) is 7.25. The molecule has 1 aromatic carbocycles. The summed E-state index contributed by atoms with van der Waals surface area (Å²) in [4.78, 5) is 8.39. The number of aromatic nitrogens is 3. The maximum absolute atomic E-state index is 9.43. The Morgan fingerprint density at radius 3 is 2.71 bits per heavy atom. The molecule has 3 aromatic rings. The predicted octanol–water partition coefficient (Wildman–Crippen LogP) is 4.42. The van der Waals surface area contributed by atoms with E-state index >= 15 is 0 Å². The maximum Gasteiger partial charge on any atom is 0.142 e. The van der Waals surface area contributed by atoms with E-state index in [2.05, 4.69) is 33.0 Å². The van der Waals surface area contributed by atoms with Crippen LogP contribution in [-0.2, 0) is 0 Å². The molecule has 2 aromatic heterocycles. The normalized spacial score (nSPS) is 11.7. The second-order valence-electron chi connectivity index (χ2n) is 5.82.